The number of amides is 2. The number of hydrogen-bond donors (Lipinski definition) is 7. The predicted molar refractivity (Wildman–Crippen MR) is 150 cm³/mol. The van der Waals surface area contributed by atoms with Crippen molar-refractivity contribution in [3.8, 4) is 0 Å². The number of carboxylic acid groups (broad SMARTS) is 1. The van der Waals surface area contributed by atoms with Gasteiger partial charge in [-0.15, -0.1) is 11.8 Å². The standard InChI is InChI=1S/C20H24N10O6S4/c21-18(22)25-4-5-37-6-8-9(2-1-3-24-8)39-10-7-38-17-12(15(32)30(17)16(10)36-20(33)34)26-14(31)11(28-35)13-27-19(23)40-29-13/h1-3,11-12,17,28,35H,4-7H2,(H,26,31)(H,33,34)(H4,21,22,25)(H2,23,27,29)/t11?,12-,17+/m1/s1. The second-order valence-corrected chi connectivity index (χ2v) is 12.1. The van der Waals surface area contributed by atoms with Crippen molar-refractivity contribution >= 4 is 75.9 Å². The maximum atomic E-state index is 13.1. The topological polar surface area (TPSA) is 257 Å². The van der Waals surface area contributed by atoms with Gasteiger partial charge in [0.05, 0.1) is 17.1 Å². The third-order valence-corrected chi connectivity index (χ3v) is 9.45. The summed E-state index contributed by atoms with van der Waals surface area (Å²) >= 11 is 4.99. The lowest BCUT2D eigenvalue weighted by atomic mass is 10.1. The third-order valence-electron chi connectivity index (χ3n) is 5.32. The number of nitrogens with zero attached hydrogens (tertiary/aromatic N) is 5. The molecule has 16 nitrogen and oxygen atoms in total. The van der Waals surface area contributed by atoms with Crippen molar-refractivity contribution in [3.05, 3.63) is 40.6 Å². The molecule has 1 saturated heterocycles. The monoisotopic (exact) mass is 628 g/mol. The number of anilines is 1. The van der Waals surface area contributed by atoms with Crippen molar-refractivity contribution in [2.75, 3.05) is 23.8 Å². The molecule has 4 rings (SSSR count). The lowest BCUT2D eigenvalue weighted by molar-refractivity contribution is -0.149. The lowest BCUT2D eigenvalue weighted by Gasteiger charge is -2.49. The Morgan fingerprint density at radius 2 is 2.17 bits per heavy atom. The number of fused-ring (bicyclic) bond motifs is 1. The van der Waals surface area contributed by atoms with Crippen molar-refractivity contribution in [2.45, 2.75) is 28.1 Å². The van der Waals surface area contributed by atoms with Crippen LogP contribution < -0.4 is 28.0 Å². The molecule has 10 N–H and O–H groups in total. The summed E-state index contributed by atoms with van der Waals surface area (Å²) < 4.78 is 8.96. The van der Waals surface area contributed by atoms with Gasteiger partial charge in [-0.1, -0.05) is 11.8 Å². The van der Waals surface area contributed by atoms with Crippen LogP contribution in [0.1, 0.15) is 17.6 Å². The second-order valence-electron chi connectivity index (χ2n) is 7.95. The number of nitrogens with two attached hydrogens (primary N) is 3. The van der Waals surface area contributed by atoms with Crippen LogP contribution in [-0.2, 0) is 20.1 Å². The zero-order chi connectivity index (χ0) is 28.8. The van der Waals surface area contributed by atoms with E-state index in [1.54, 1.807) is 24.0 Å². The molecule has 20 heteroatoms. The van der Waals surface area contributed by atoms with Gasteiger partial charge in [0, 0.05) is 39.9 Å². The highest BCUT2D eigenvalue weighted by Crippen LogP contribution is 2.46. The largest absolute Gasteiger partial charge is 0.512 e. The predicted octanol–water partition coefficient (Wildman–Crippen LogP) is 0.0977. The number of pyridine rings is 1. The molecule has 2 amide bonds. The summed E-state index contributed by atoms with van der Waals surface area (Å²) in [4.78, 5) is 52.1. The summed E-state index contributed by atoms with van der Waals surface area (Å²) in [7, 11) is 0. The molecule has 0 aromatic carbocycles. The first-order chi connectivity index (χ1) is 19.2. The van der Waals surface area contributed by atoms with Gasteiger partial charge in [-0.25, -0.2) is 9.78 Å². The summed E-state index contributed by atoms with van der Waals surface area (Å²) in [5, 5.41) is 20.9. The molecule has 1 unspecified atom stereocenters. The Bertz CT molecular complexity index is 1340. The van der Waals surface area contributed by atoms with Crippen LogP contribution in [0.5, 0.6) is 0 Å². The number of aliphatic imine (C=N–C) groups is 1. The number of carbonyl (C=O) groups is 3. The van der Waals surface area contributed by atoms with Gasteiger partial charge in [0.15, 0.2) is 23.0 Å². The zero-order valence-electron chi connectivity index (χ0n) is 20.4. The first-order valence-corrected chi connectivity index (χ1v) is 15.1. The van der Waals surface area contributed by atoms with Crippen molar-refractivity contribution in [1.82, 2.24) is 30.0 Å². The van der Waals surface area contributed by atoms with E-state index >= 15 is 0 Å². The number of carbonyl (C=O) groups excluding carboxylic acids is 2. The molecule has 2 aromatic heterocycles. The van der Waals surface area contributed by atoms with Crippen molar-refractivity contribution in [3.63, 3.8) is 0 Å². The number of thioether (sulfide) groups is 3. The number of rotatable bonds is 12. The van der Waals surface area contributed by atoms with E-state index in [1.165, 1.54) is 28.4 Å². The van der Waals surface area contributed by atoms with Crippen LogP contribution >= 0.6 is 46.8 Å². The van der Waals surface area contributed by atoms with E-state index in [1.807, 2.05) is 11.5 Å². The first-order valence-electron chi connectivity index (χ1n) is 11.3. The minimum atomic E-state index is -1.59. The van der Waals surface area contributed by atoms with Crippen LogP contribution in [0.25, 0.3) is 0 Å². The summed E-state index contributed by atoms with van der Waals surface area (Å²) in [6, 6.07) is 1.23. The number of nitrogens with one attached hydrogen (secondary N) is 2. The molecular weight excluding hydrogens is 605 g/mol. The van der Waals surface area contributed by atoms with Gasteiger partial charge in [-0.3, -0.25) is 24.5 Å². The third kappa shape index (κ3) is 6.88. The summed E-state index contributed by atoms with van der Waals surface area (Å²) in [6.07, 6.45) is 0.0680. The van der Waals surface area contributed by atoms with Gasteiger partial charge < -0.3 is 37.6 Å². The quantitative estimate of drug-likeness (QED) is 0.0410. The molecule has 0 saturated carbocycles. The average Bonchev–Trinajstić information content (AvgIpc) is 3.34. The molecule has 0 spiro atoms. The Morgan fingerprint density at radius 1 is 1.38 bits per heavy atom. The minimum absolute atomic E-state index is 0.0228. The second kappa shape index (κ2) is 13.4. The molecule has 2 aliphatic heterocycles. The molecule has 214 valence electrons. The van der Waals surface area contributed by atoms with E-state index in [9.17, 15) is 24.7 Å². The average molecular weight is 629 g/mol. The smallest absolute Gasteiger partial charge is 0.449 e. The molecule has 3 atom stereocenters. The Morgan fingerprint density at radius 3 is 2.85 bits per heavy atom. The summed E-state index contributed by atoms with van der Waals surface area (Å²) in [5.41, 5.74) is 18.8. The molecule has 2 aliphatic rings. The fourth-order valence-electron chi connectivity index (χ4n) is 3.60. The van der Waals surface area contributed by atoms with Crippen LogP contribution in [0.2, 0.25) is 0 Å². The van der Waals surface area contributed by atoms with E-state index in [0.29, 0.717) is 28.7 Å². The number of aromatic nitrogens is 3. The van der Waals surface area contributed by atoms with Crippen LogP contribution in [0.4, 0.5) is 9.93 Å². The van der Waals surface area contributed by atoms with Crippen LogP contribution in [0, 0.1) is 0 Å². The number of hydroxylamine groups is 1. The van der Waals surface area contributed by atoms with E-state index in [4.69, 9.17) is 21.9 Å². The van der Waals surface area contributed by atoms with Crippen LogP contribution in [-0.4, -0.2) is 83.0 Å². The molecule has 1 fully saturated rings. The molecular formula is C20H24N10O6S4. The van der Waals surface area contributed by atoms with Crippen molar-refractivity contribution in [1.29, 1.82) is 0 Å². The molecule has 40 heavy (non-hydrogen) atoms. The zero-order valence-corrected chi connectivity index (χ0v) is 23.7. The van der Waals surface area contributed by atoms with E-state index in [-0.39, 0.29) is 22.8 Å². The Balaban J connectivity index is 1.48. The maximum absolute atomic E-state index is 13.1. The number of hydrogen-bond acceptors (Lipinski definition) is 15. The van der Waals surface area contributed by atoms with Gasteiger partial charge in [0.2, 0.25) is 11.8 Å². The Labute approximate surface area is 243 Å². The van der Waals surface area contributed by atoms with E-state index < -0.39 is 35.4 Å². The SMILES string of the molecule is NC(N)=NCCSCc1ncccc1SC1=C(OC(=O)O)N2C(=O)[C@@H](NC(=O)C(NO)c3nsc(N)n3)[C@@H]2SC1. The number of β-lactam (4-membered cyclic amide) rings is 1. The molecule has 2 aromatic rings. The highest BCUT2D eigenvalue weighted by atomic mass is 32.2. The van der Waals surface area contributed by atoms with E-state index in [0.717, 1.165) is 22.1 Å². The van der Waals surface area contributed by atoms with Crippen LogP contribution in [0.3, 0.4) is 0 Å². The summed E-state index contributed by atoms with van der Waals surface area (Å²) in [6.45, 7) is 0.459. The van der Waals surface area contributed by atoms with Gasteiger partial charge in [0.25, 0.3) is 5.91 Å². The highest BCUT2D eigenvalue weighted by molar-refractivity contribution is 8.06. The number of guanidine groups is 1. The normalized spacial score (nSPS) is 18.9. The molecule has 4 heterocycles. The fourth-order valence-corrected chi connectivity index (χ4v) is 7.44. The molecule has 0 aliphatic carbocycles. The number of ether oxygens (including phenoxy) is 1. The maximum Gasteiger partial charge on any atom is 0.512 e. The fraction of sp³-hybridized carbons (Fsp3) is 0.350. The van der Waals surface area contributed by atoms with E-state index in [2.05, 4.69) is 24.7 Å². The Kier molecular flexibility index (Phi) is 9.92. The highest BCUT2D eigenvalue weighted by Gasteiger charge is 2.54. The van der Waals surface area contributed by atoms with Gasteiger partial charge in [-0.05, 0) is 12.1 Å². The van der Waals surface area contributed by atoms with Gasteiger partial charge >= 0.3 is 6.16 Å². The minimum Gasteiger partial charge on any atom is -0.449 e. The van der Waals surface area contributed by atoms with Crippen molar-refractivity contribution < 1.29 is 29.4 Å². The van der Waals surface area contributed by atoms with Crippen molar-refractivity contribution in [2.24, 2.45) is 16.5 Å². The Hall–Kier alpha value is -3.30. The summed E-state index contributed by atoms with van der Waals surface area (Å²) in [5.74, 6) is 0.0130. The first kappa shape index (κ1) is 29.7. The van der Waals surface area contributed by atoms with Crippen LogP contribution in [0.15, 0.2) is 39.0 Å². The van der Waals surface area contributed by atoms with Gasteiger partial charge in [-0.2, -0.15) is 21.6 Å². The lowest BCUT2D eigenvalue weighted by Crippen LogP contribution is -2.70. The molecule has 0 radical (unpaired) electrons. The number of nitrogen functional groups attached to an aromatic ring is 1. The molecule has 0 bridgehead atoms. The van der Waals surface area contributed by atoms with Gasteiger partial charge in [0.1, 0.15) is 11.4 Å².